The summed E-state index contributed by atoms with van der Waals surface area (Å²) in [4.78, 5) is 12.5. The molecular formula is C22H10ClF5O3. The summed E-state index contributed by atoms with van der Waals surface area (Å²) in [5, 5.41) is 0.411. The van der Waals surface area contributed by atoms with Crippen molar-refractivity contribution in [2.24, 2.45) is 0 Å². The van der Waals surface area contributed by atoms with E-state index in [-0.39, 0.29) is 22.8 Å². The fourth-order valence-corrected chi connectivity index (χ4v) is 3.11. The minimum absolute atomic E-state index is 0.0000145. The van der Waals surface area contributed by atoms with Crippen LogP contribution in [0.15, 0.2) is 48.2 Å². The maximum absolute atomic E-state index is 13.8. The van der Waals surface area contributed by atoms with E-state index in [0.29, 0.717) is 10.6 Å². The van der Waals surface area contributed by atoms with Crippen LogP contribution in [0.2, 0.25) is 5.02 Å². The molecule has 3 aromatic carbocycles. The quantitative estimate of drug-likeness (QED) is 0.204. The minimum Gasteiger partial charge on any atom is -0.489 e. The van der Waals surface area contributed by atoms with Crippen LogP contribution in [0.25, 0.3) is 6.08 Å². The number of halogens is 6. The molecule has 9 heteroatoms. The first-order valence-corrected chi connectivity index (χ1v) is 9.11. The fraction of sp³-hybridized carbons (Fsp3) is 0.0455. The van der Waals surface area contributed by atoms with Crippen LogP contribution in [0.1, 0.15) is 21.5 Å². The number of carbonyl (C=O) groups is 1. The Morgan fingerprint density at radius 2 is 1.55 bits per heavy atom. The number of ketones is 1. The van der Waals surface area contributed by atoms with Gasteiger partial charge in [-0.2, -0.15) is 0 Å². The number of carbonyl (C=O) groups excluding carboxylic acids is 1. The second kappa shape index (κ2) is 8.03. The summed E-state index contributed by atoms with van der Waals surface area (Å²) >= 11 is 6.07. The van der Waals surface area contributed by atoms with Crippen molar-refractivity contribution >= 4 is 23.5 Å². The second-order valence-electron chi connectivity index (χ2n) is 6.46. The van der Waals surface area contributed by atoms with Crippen molar-refractivity contribution in [3.63, 3.8) is 0 Å². The molecule has 1 aliphatic heterocycles. The summed E-state index contributed by atoms with van der Waals surface area (Å²) in [5.74, 6) is -10.6. The van der Waals surface area contributed by atoms with Crippen LogP contribution < -0.4 is 9.47 Å². The third-order valence-electron chi connectivity index (χ3n) is 4.52. The van der Waals surface area contributed by atoms with Gasteiger partial charge < -0.3 is 9.47 Å². The van der Waals surface area contributed by atoms with Crippen molar-refractivity contribution in [1.82, 2.24) is 0 Å². The summed E-state index contributed by atoms with van der Waals surface area (Å²) in [5.41, 5.74) is -0.349. The maximum atomic E-state index is 13.8. The zero-order chi connectivity index (χ0) is 22.3. The Kier molecular flexibility index (Phi) is 5.41. The molecule has 31 heavy (non-hydrogen) atoms. The Hall–Kier alpha value is -3.39. The number of hydrogen-bond donors (Lipinski definition) is 0. The first-order chi connectivity index (χ1) is 14.8. The van der Waals surface area contributed by atoms with Gasteiger partial charge in [-0.05, 0) is 29.8 Å². The van der Waals surface area contributed by atoms with Crippen molar-refractivity contribution in [2.45, 2.75) is 6.61 Å². The van der Waals surface area contributed by atoms with Gasteiger partial charge in [0.1, 0.15) is 18.1 Å². The van der Waals surface area contributed by atoms with Crippen molar-refractivity contribution in [3.05, 3.63) is 99.0 Å². The van der Waals surface area contributed by atoms with E-state index >= 15 is 0 Å². The lowest BCUT2D eigenvalue weighted by Crippen LogP contribution is -2.09. The predicted molar refractivity (Wildman–Crippen MR) is 101 cm³/mol. The number of ether oxygens (including phenoxy) is 2. The average molecular weight is 453 g/mol. The molecule has 0 aliphatic carbocycles. The van der Waals surface area contributed by atoms with E-state index in [0.717, 1.165) is 0 Å². The molecule has 0 atom stereocenters. The number of benzene rings is 3. The number of allylic oxidation sites excluding steroid dienone is 1. The third-order valence-corrected chi connectivity index (χ3v) is 4.86. The van der Waals surface area contributed by atoms with E-state index in [2.05, 4.69) is 0 Å². The molecular weight excluding hydrogens is 443 g/mol. The topological polar surface area (TPSA) is 35.5 Å². The van der Waals surface area contributed by atoms with Gasteiger partial charge in [-0.3, -0.25) is 4.79 Å². The van der Waals surface area contributed by atoms with Crippen LogP contribution in [-0.2, 0) is 6.61 Å². The third kappa shape index (κ3) is 3.74. The summed E-state index contributed by atoms with van der Waals surface area (Å²) in [6.07, 6.45) is 1.46. The maximum Gasteiger partial charge on any atom is 0.231 e. The Morgan fingerprint density at radius 3 is 2.23 bits per heavy atom. The summed E-state index contributed by atoms with van der Waals surface area (Å²) in [6.45, 7) is -0.930. The van der Waals surface area contributed by atoms with Crippen LogP contribution in [0.4, 0.5) is 22.0 Å². The zero-order valence-electron chi connectivity index (χ0n) is 15.3. The average Bonchev–Trinajstić information content (AvgIpc) is 3.07. The van der Waals surface area contributed by atoms with Gasteiger partial charge in [0.2, 0.25) is 11.6 Å². The molecule has 1 aliphatic rings. The highest BCUT2D eigenvalue weighted by molar-refractivity contribution is 6.32. The number of fused-ring (bicyclic) bond motifs is 1. The van der Waals surface area contributed by atoms with E-state index < -0.39 is 47.0 Å². The summed E-state index contributed by atoms with van der Waals surface area (Å²) in [7, 11) is 0. The molecule has 0 saturated carbocycles. The molecule has 0 bridgehead atoms. The van der Waals surface area contributed by atoms with Gasteiger partial charge >= 0.3 is 0 Å². The standard InChI is InChI=1S/C22H10ClF5O3/c23-14-4-2-1-3-10(14)7-16-22(29)12-6-5-11(8-15(12)31-16)30-9-13-17(24)19(26)21(28)20(27)18(13)25/h1-8H,9H2/b16-7-. The first-order valence-electron chi connectivity index (χ1n) is 8.74. The monoisotopic (exact) mass is 452 g/mol. The molecule has 3 aromatic rings. The molecule has 0 spiro atoms. The molecule has 0 amide bonds. The number of Topliss-reactive ketones (excluding diaryl/α,β-unsaturated/α-hetero) is 1. The van der Waals surface area contributed by atoms with Crippen molar-refractivity contribution in [2.75, 3.05) is 0 Å². The zero-order valence-corrected chi connectivity index (χ0v) is 16.1. The van der Waals surface area contributed by atoms with E-state index in [1.54, 1.807) is 24.3 Å². The summed E-state index contributed by atoms with van der Waals surface area (Å²) in [6, 6.07) is 10.7. The van der Waals surface area contributed by atoms with Crippen LogP contribution in [-0.4, -0.2) is 5.78 Å². The lowest BCUT2D eigenvalue weighted by molar-refractivity contribution is 0.101. The Labute approximate surface area is 177 Å². The van der Waals surface area contributed by atoms with Gasteiger partial charge in [0.15, 0.2) is 29.0 Å². The molecule has 0 fully saturated rings. The predicted octanol–water partition coefficient (Wildman–Crippen LogP) is 6.23. The molecule has 4 rings (SSSR count). The van der Waals surface area contributed by atoms with Crippen LogP contribution in [0.5, 0.6) is 11.5 Å². The molecule has 0 N–H and O–H groups in total. The Balaban J connectivity index is 1.57. The number of rotatable bonds is 4. The van der Waals surface area contributed by atoms with Crippen molar-refractivity contribution in [1.29, 1.82) is 0 Å². The molecule has 0 saturated heterocycles. The van der Waals surface area contributed by atoms with E-state index in [4.69, 9.17) is 21.1 Å². The van der Waals surface area contributed by atoms with Gasteiger partial charge in [-0.1, -0.05) is 29.8 Å². The molecule has 1 heterocycles. The highest BCUT2D eigenvalue weighted by Crippen LogP contribution is 2.36. The Bertz CT molecular complexity index is 1230. The molecule has 0 aromatic heterocycles. The highest BCUT2D eigenvalue weighted by Gasteiger charge is 2.29. The molecule has 0 unspecified atom stereocenters. The molecule has 158 valence electrons. The molecule has 0 radical (unpaired) electrons. The second-order valence-corrected chi connectivity index (χ2v) is 6.86. The van der Waals surface area contributed by atoms with Gasteiger partial charge in [0.05, 0.1) is 11.1 Å². The first kappa shape index (κ1) is 20.9. The van der Waals surface area contributed by atoms with Crippen LogP contribution >= 0.6 is 11.6 Å². The van der Waals surface area contributed by atoms with E-state index in [1.807, 2.05) is 0 Å². The smallest absolute Gasteiger partial charge is 0.231 e. The van der Waals surface area contributed by atoms with Crippen molar-refractivity contribution in [3.8, 4) is 11.5 Å². The van der Waals surface area contributed by atoms with E-state index in [9.17, 15) is 26.7 Å². The van der Waals surface area contributed by atoms with Crippen molar-refractivity contribution < 1.29 is 36.2 Å². The van der Waals surface area contributed by atoms with Crippen LogP contribution in [0.3, 0.4) is 0 Å². The lowest BCUT2D eigenvalue weighted by atomic mass is 10.1. The van der Waals surface area contributed by atoms with Gasteiger partial charge in [0.25, 0.3) is 0 Å². The minimum atomic E-state index is -2.25. The summed E-state index contributed by atoms with van der Waals surface area (Å²) < 4.78 is 78.0. The van der Waals surface area contributed by atoms with E-state index in [1.165, 1.54) is 24.3 Å². The lowest BCUT2D eigenvalue weighted by Gasteiger charge is -2.10. The Morgan fingerprint density at radius 1 is 0.903 bits per heavy atom. The van der Waals surface area contributed by atoms with Crippen LogP contribution in [0, 0.1) is 29.1 Å². The van der Waals surface area contributed by atoms with Gasteiger partial charge in [-0.25, -0.2) is 22.0 Å². The normalized spacial score (nSPS) is 14.0. The number of hydrogen-bond acceptors (Lipinski definition) is 3. The SMILES string of the molecule is O=C1/C(=C/c2ccccc2Cl)Oc2cc(OCc3c(F)c(F)c(F)c(F)c3F)ccc21. The largest absolute Gasteiger partial charge is 0.489 e. The fourth-order valence-electron chi connectivity index (χ4n) is 2.92. The molecule has 3 nitrogen and oxygen atoms in total. The van der Waals surface area contributed by atoms with Gasteiger partial charge in [-0.15, -0.1) is 0 Å². The highest BCUT2D eigenvalue weighted by atomic mass is 35.5. The van der Waals surface area contributed by atoms with Gasteiger partial charge in [0, 0.05) is 11.1 Å².